The molecule has 0 aliphatic carbocycles. The second-order valence-electron chi connectivity index (χ2n) is 4.98. The molecule has 0 atom stereocenters. The smallest absolute Gasteiger partial charge is 0.330 e. The molecule has 3 aromatic rings. The van der Waals surface area contributed by atoms with Gasteiger partial charge in [-0.25, -0.2) is 9.78 Å². The normalized spacial score (nSPS) is 11.1. The van der Waals surface area contributed by atoms with E-state index in [1.54, 1.807) is 10.9 Å². The zero-order valence-corrected chi connectivity index (χ0v) is 11.9. The minimum absolute atomic E-state index is 0.0990. The predicted molar refractivity (Wildman–Crippen MR) is 81.8 cm³/mol. The van der Waals surface area contributed by atoms with E-state index in [0.29, 0.717) is 17.7 Å². The molecular formula is C15H16N4O3. The molecule has 114 valence electrons. The second kappa shape index (κ2) is 5.98. The van der Waals surface area contributed by atoms with Crippen LogP contribution >= 0.6 is 0 Å². The van der Waals surface area contributed by atoms with E-state index in [9.17, 15) is 9.59 Å². The molecule has 7 heteroatoms. The number of benzene rings is 1. The lowest BCUT2D eigenvalue weighted by Gasteiger charge is -2.06. The number of nitrogens with zero attached hydrogens (tertiary/aromatic N) is 3. The number of aryl methyl sites for hydroxylation is 2. The molecular weight excluding hydrogens is 284 g/mol. The second-order valence-corrected chi connectivity index (χ2v) is 4.98. The number of hydrogen-bond donors (Lipinski definition) is 2. The molecule has 0 bridgehead atoms. The van der Waals surface area contributed by atoms with Crippen LogP contribution in [-0.4, -0.2) is 30.8 Å². The van der Waals surface area contributed by atoms with Gasteiger partial charge in [0.05, 0.1) is 19.5 Å². The summed E-state index contributed by atoms with van der Waals surface area (Å²) in [5, 5.41) is 9.05. The monoisotopic (exact) mass is 300 g/mol. The molecule has 7 nitrogen and oxygen atoms in total. The van der Waals surface area contributed by atoms with Crippen LogP contribution in [0.3, 0.4) is 0 Å². The third kappa shape index (κ3) is 2.58. The highest BCUT2D eigenvalue weighted by molar-refractivity contribution is 5.69. The van der Waals surface area contributed by atoms with Crippen LogP contribution in [0.25, 0.3) is 11.2 Å². The third-order valence-corrected chi connectivity index (χ3v) is 3.56. The van der Waals surface area contributed by atoms with Crippen molar-refractivity contribution in [2.45, 2.75) is 19.5 Å². The van der Waals surface area contributed by atoms with Gasteiger partial charge in [-0.05, 0) is 12.0 Å². The molecule has 3 rings (SSSR count). The minimum Gasteiger partial charge on any atom is -0.395 e. The van der Waals surface area contributed by atoms with Crippen LogP contribution in [0.4, 0.5) is 0 Å². The van der Waals surface area contributed by atoms with Crippen molar-refractivity contribution < 1.29 is 5.11 Å². The summed E-state index contributed by atoms with van der Waals surface area (Å²) in [6.07, 6.45) is 2.31. The van der Waals surface area contributed by atoms with Crippen molar-refractivity contribution in [3.63, 3.8) is 0 Å². The first-order valence-electron chi connectivity index (χ1n) is 7.03. The van der Waals surface area contributed by atoms with Gasteiger partial charge in [-0.15, -0.1) is 0 Å². The number of aromatic nitrogens is 4. The summed E-state index contributed by atoms with van der Waals surface area (Å²) < 4.78 is 3.00. The summed E-state index contributed by atoms with van der Waals surface area (Å²) in [5.74, 6) is 0. The number of aromatic amines is 1. The molecule has 0 saturated carbocycles. The first-order chi connectivity index (χ1) is 10.7. The fourth-order valence-electron chi connectivity index (χ4n) is 2.49. The van der Waals surface area contributed by atoms with E-state index in [-0.39, 0.29) is 13.2 Å². The Kier molecular flexibility index (Phi) is 3.88. The molecule has 2 aromatic heterocycles. The van der Waals surface area contributed by atoms with E-state index in [0.717, 1.165) is 12.0 Å². The van der Waals surface area contributed by atoms with Crippen molar-refractivity contribution in [1.29, 1.82) is 0 Å². The number of H-pyrrole nitrogens is 1. The maximum Gasteiger partial charge on any atom is 0.330 e. The van der Waals surface area contributed by atoms with Crippen LogP contribution in [0.5, 0.6) is 0 Å². The van der Waals surface area contributed by atoms with Crippen LogP contribution < -0.4 is 11.2 Å². The molecule has 0 unspecified atom stereocenters. The summed E-state index contributed by atoms with van der Waals surface area (Å²) in [6, 6.07) is 9.92. The van der Waals surface area contributed by atoms with Crippen LogP contribution in [-0.2, 0) is 19.5 Å². The maximum absolute atomic E-state index is 12.1. The molecule has 0 aliphatic heterocycles. The van der Waals surface area contributed by atoms with Gasteiger partial charge in [0.2, 0.25) is 0 Å². The van der Waals surface area contributed by atoms with Crippen molar-refractivity contribution >= 4 is 11.2 Å². The number of rotatable bonds is 5. The van der Waals surface area contributed by atoms with Gasteiger partial charge in [-0.1, -0.05) is 30.3 Å². The van der Waals surface area contributed by atoms with Crippen molar-refractivity contribution in [2.75, 3.05) is 6.61 Å². The summed E-state index contributed by atoms with van der Waals surface area (Å²) in [4.78, 5) is 30.3. The molecule has 2 heterocycles. The summed E-state index contributed by atoms with van der Waals surface area (Å²) in [6.45, 7) is 0.487. The molecule has 1 aromatic carbocycles. The quantitative estimate of drug-likeness (QED) is 0.700. The van der Waals surface area contributed by atoms with Gasteiger partial charge in [0.1, 0.15) is 0 Å². The Morgan fingerprint density at radius 2 is 1.91 bits per heavy atom. The molecule has 0 spiro atoms. The largest absolute Gasteiger partial charge is 0.395 e. The van der Waals surface area contributed by atoms with Gasteiger partial charge >= 0.3 is 5.69 Å². The third-order valence-electron chi connectivity index (χ3n) is 3.56. The van der Waals surface area contributed by atoms with Gasteiger partial charge in [-0.3, -0.25) is 14.3 Å². The highest BCUT2D eigenvalue weighted by Gasteiger charge is 2.13. The van der Waals surface area contributed by atoms with E-state index in [2.05, 4.69) is 9.97 Å². The fraction of sp³-hybridized carbons (Fsp3) is 0.267. The number of aliphatic hydroxyl groups excluding tert-OH is 1. The van der Waals surface area contributed by atoms with Crippen LogP contribution in [0.1, 0.15) is 5.56 Å². The van der Waals surface area contributed by atoms with Gasteiger partial charge in [0.15, 0.2) is 11.2 Å². The van der Waals surface area contributed by atoms with E-state index in [1.165, 1.54) is 4.57 Å². The van der Waals surface area contributed by atoms with Gasteiger partial charge < -0.3 is 9.67 Å². The van der Waals surface area contributed by atoms with Crippen molar-refractivity contribution in [3.05, 3.63) is 63.1 Å². The van der Waals surface area contributed by atoms with E-state index >= 15 is 0 Å². The van der Waals surface area contributed by atoms with Crippen LogP contribution in [0.2, 0.25) is 0 Å². The molecule has 0 radical (unpaired) electrons. The molecule has 0 aliphatic rings. The highest BCUT2D eigenvalue weighted by Crippen LogP contribution is 2.08. The SMILES string of the molecule is O=c1[nH]c(=O)n(CCO)c2ncn(CCc3ccccc3)c12. The summed E-state index contributed by atoms with van der Waals surface area (Å²) in [7, 11) is 0. The Morgan fingerprint density at radius 3 is 2.64 bits per heavy atom. The molecule has 0 saturated heterocycles. The topological polar surface area (TPSA) is 92.9 Å². The first kappa shape index (κ1) is 14.3. The average Bonchev–Trinajstić information content (AvgIpc) is 2.95. The Morgan fingerprint density at radius 1 is 1.14 bits per heavy atom. The Balaban J connectivity index is 1.99. The standard InChI is InChI=1S/C15H16N4O3/c20-9-8-19-13-12(14(21)17-15(19)22)18(10-16-13)7-6-11-4-2-1-3-5-11/h1-5,10,20H,6-9H2,(H,17,21,22). The Bertz CT molecular complexity index is 893. The number of hydrogen-bond acceptors (Lipinski definition) is 4. The maximum atomic E-state index is 12.1. The number of aliphatic hydroxyl groups is 1. The average molecular weight is 300 g/mol. The van der Waals surface area contributed by atoms with E-state index in [4.69, 9.17) is 5.11 Å². The number of fused-ring (bicyclic) bond motifs is 1. The minimum atomic E-state index is -0.556. The molecule has 0 fully saturated rings. The number of nitrogens with one attached hydrogen (secondary N) is 1. The highest BCUT2D eigenvalue weighted by atomic mass is 16.3. The van der Waals surface area contributed by atoms with E-state index < -0.39 is 11.2 Å². The zero-order chi connectivity index (χ0) is 15.5. The summed E-state index contributed by atoms with van der Waals surface area (Å²) >= 11 is 0. The zero-order valence-electron chi connectivity index (χ0n) is 11.9. The van der Waals surface area contributed by atoms with Crippen LogP contribution in [0, 0.1) is 0 Å². The van der Waals surface area contributed by atoms with E-state index in [1.807, 2.05) is 30.3 Å². The first-order valence-corrected chi connectivity index (χ1v) is 7.03. The van der Waals surface area contributed by atoms with Gasteiger partial charge in [0.25, 0.3) is 5.56 Å². The van der Waals surface area contributed by atoms with Crippen LogP contribution in [0.15, 0.2) is 46.2 Å². The lowest BCUT2D eigenvalue weighted by atomic mass is 10.1. The fourth-order valence-corrected chi connectivity index (χ4v) is 2.49. The predicted octanol–water partition coefficient (Wildman–Crippen LogP) is 0.121. The Hall–Kier alpha value is -2.67. The van der Waals surface area contributed by atoms with Gasteiger partial charge in [-0.2, -0.15) is 0 Å². The Labute approximate surface area is 125 Å². The van der Waals surface area contributed by atoms with Crippen molar-refractivity contribution in [2.24, 2.45) is 0 Å². The molecule has 0 amide bonds. The summed E-state index contributed by atoms with van der Waals surface area (Å²) in [5.41, 5.74) is 0.795. The molecule has 2 N–H and O–H groups in total. The van der Waals surface area contributed by atoms with Crippen molar-refractivity contribution in [3.8, 4) is 0 Å². The lowest BCUT2D eigenvalue weighted by molar-refractivity contribution is 0.275. The number of imidazole rings is 1. The van der Waals surface area contributed by atoms with Crippen molar-refractivity contribution in [1.82, 2.24) is 19.1 Å². The molecule has 22 heavy (non-hydrogen) atoms. The van der Waals surface area contributed by atoms with Gasteiger partial charge in [0, 0.05) is 6.54 Å². The lowest BCUT2D eigenvalue weighted by Crippen LogP contribution is -2.32.